The van der Waals surface area contributed by atoms with Crippen molar-refractivity contribution >= 4 is 29.3 Å². The first-order valence-corrected chi connectivity index (χ1v) is 9.71. The Hall–Kier alpha value is -3.48. The number of carbonyl (C=O) groups is 4. The summed E-state index contributed by atoms with van der Waals surface area (Å²) >= 11 is 0. The molecule has 1 atom stereocenters. The van der Waals surface area contributed by atoms with E-state index in [0.29, 0.717) is 16.8 Å². The Kier molecular flexibility index (Phi) is 6.61. The van der Waals surface area contributed by atoms with Gasteiger partial charge < -0.3 is 14.4 Å². The molecule has 2 aromatic rings. The van der Waals surface area contributed by atoms with Crippen LogP contribution in [0.2, 0.25) is 0 Å². The number of Topliss-reactive ketones (excluding diaryl/α,β-unsaturated/α-hetero) is 1. The van der Waals surface area contributed by atoms with Crippen LogP contribution < -0.4 is 4.90 Å². The number of anilines is 1. The fourth-order valence-electron chi connectivity index (χ4n) is 3.14. The molecule has 7 nitrogen and oxygen atoms in total. The van der Waals surface area contributed by atoms with E-state index >= 15 is 0 Å². The summed E-state index contributed by atoms with van der Waals surface area (Å²) in [5, 5.41) is 0. The molecule has 1 heterocycles. The molecule has 0 aromatic heterocycles. The first-order valence-electron chi connectivity index (χ1n) is 9.71. The molecule has 1 aliphatic heterocycles. The van der Waals surface area contributed by atoms with Crippen molar-refractivity contribution in [2.75, 3.05) is 18.1 Å². The van der Waals surface area contributed by atoms with Gasteiger partial charge in [0.25, 0.3) is 0 Å². The summed E-state index contributed by atoms with van der Waals surface area (Å²) in [5.41, 5.74) is 1.43. The Morgan fingerprint density at radius 3 is 2.30 bits per heavy atom. The smallest absolute Gasteiger partial charge is 0.338 e. The van der Waals surface area contributed by atoms with Gasteiger partial charge in [0.15, 0.2) is 12.4 Å². The van der Waals surface area contributed by atoms with Gasteiger partial charge in [-0.15, -0.1) is 0 Å². The Morgan fingerprint density at radius 2 is 1.67 bits per heavy atom. The average molecular weight is 409 g/mol. The van der Waals surface area contributed by atoms with Crippen LogP contribution in [0.5, 0.6) is 0 Å². The molecule has 30 heavy (non-hydrogen) atoms. The fraction of sp³-hybridized carbons (Fsp3) is 0.304. The van der Waals surface area contributed by atoms with E-state index in [2.05, 4.69) is 0 Å². The van der Waals surface area contributed by atoms with Gasteiger partial charge in [-0.2, -0.15) is 0 Å². The van der Waals surface area contributed by atoms with E-state index in [1.807, 2.05) is 0 Å². The highest BCUT2D eigenvalue weighted by molar-refractivity contribution is 6.01. The number of hydrogen-bond donors (Lipinski definition) is 0. The van der Waals surface area contributed by atoms with Crippen molar-refractivity contribution in [2.24, 2.45) is 5.92 Å². The maximum atomic E-state index is 12.4. The summed E-state index contributed by atoms with van der Waals surface area (Å²) in [6.45, 7) is 3.33. The molecular formula is C23H23NO6. The number of ether oxygens (including phenoxy) is 2. The first-order chi connectivity index (χ1) is 14.3. The highest BCUT2D eigenvalue weighted by Crippen LogP contribution is 2.26. The lowest BCUT2D eigenvalue weighted by molar-refractivity contribution is -0.147. The predicted octanol–water partition coefficient (Wildman–Crippen LogP) is 3.03. The number of esters is 2. The van der Waals surface area contributed by atoms with Gasteiger partial charge in [0.2, 0.25) is 5.91 Å². The van der Waals surface area contributed by atoms with Gasteiger partial charge in [0.1, 0.15) is 0 Å². The molecule has 0 radical (unpaired) electrons. The van der Waals surface area contributed by atoms with E-state index in [1.54, 1.807) is 68.4 Å². The minimum absolute atomic E-state index is 0.00943. The second-order valence-electron chi connectivity index (χ2n) is 7.30. The Morgan fingerprint density at radius 1 is 1.00 bits per heavy atom. The Bertz CT molecular complexity index is 936. The molecule has 1 amide bonds. The average Bonchev–Trinajstić information content (AvgIpc) is 3.13. The first kappa shape index (κ1) is 21.2. The lowest BCUT2D eigenvalue weighted by Gasteiger charge is -2.17. The minimum Gasteiger partial charge on any atom is -0.459 e. The third-order valence-corrected chi connectivity index (χ3v) is 4.66. The highest BCUT2D eigenvalue weighted by Gasteiger charge is 2.36. The molecule has 0 bridgehead atoms. The maximum Gasteiger partial charge on any atom is 0.338 e. The molecule has 1 fully saturated rings. The van der Waals surface area contributed by atoms with Crippen molar-refractivity contribution in [3.8, 4) is 0 Å². The number of nitrogens with zero attached hydrogens (tertiary/aromatic N) is 1. The van der Waals surface area contributed by atoms with Crippen LogP contribution >= 0.6 is 0 Å². The molecule has 3 rings (SSSR count). The molecule has 0 spiro atoms. The van der Waals surface area contributed by atoms with E-state index in [-0.39, 0.29) is 37.4 Å². The molecule has 0 aliphatic carbocycles. The van der Waals surface area contributed by atoms with Crippen LogP contribution in [-0.4, -0.2) is 42.9 Å². The number of ketones is 1. The third kappa shape index (κ3) is 5.11. The highest BCUT2D eigenvalue weighted by atomic mass is 16.5. The minimum atomic E-state index is -0.647. The van der Waals surface area contributed by atoms with Gasteiger partial charge in [-0.05, 0) is 38.1 Å². The lowest BCUT2D eigenvalue weighted by atomic mass is 10.1. The van der Waals surface area contributed by atoms with Gasteiger partial charge in [-0.1, -0.05) is 30.3 Å². The Balaban J connectivity index is 1.57. The predicted molar refractivity (Wildman–Crippen MR) is 109 cm³/mol. The molecule has 1 saturated heterocycles. The number of amides is 1. The number of rotatable bonds is 7. The zero-order valence-corrected chi connectivity index (χ0v) is 16.9. The van der Waals surface area contributed by atoms with E-state index in [9.17, 15) is 19.2 Å². The molecule has 0 unspecified atom stereocenters. The molecule has 156 valence electrons. The van der Waals surface area contributed by atoms with Crippen LogP contribution in [0.25, 0.3) is 0 Å². The zero-order chi connectivity index (χ0) is 21.7. The quantitative estimate of drug-likeness (QED) is 0.516. The lowest BCUT2D eigenvalue weighted by Crippen LogP contribution is -2.27. The van der Waals surface area contributed by atoms with Crippen molar-refractivity contribution in [1.82, 2.24) is 0 Å². The molecule has 0 saturated carbocycles. The normalized spacial score (nSPS) is 15.9. The van der Waals surface area contributed by atoms with E-state index in [4.69, 9.17) is 9.47 Å². The summed E-state index contributed by atoms with van der Waals surface area (Å²) < 4.78 is 10.3. The van der Waals surface area contributed by atoms with Crippen molar-refractivity contribution < 1.29 is 28.7 Å². The molecule has 0 N–H and O–H groups in total. The van der Waals surface area contributed by atoms with Crippen LogP contribution in [-0.2, 0) is 19.1 Å². The largest absolute Gasteiger partial charge is 0.459 e. The van der Waals surface area contributed by atoms with Crippen LogP contribution in [0.4, 0.5) is 5.69 Å². The van der Waals surface area contributed by atoms with Crippen LogP contribution in [0.3, 0.4) is 0 Å². The van der Waals surface area contributed by atoms with Gasteiger partial charge in [-0.25, -0.2) is 4.79 Å². The summed E-state index contributed by atoms with van der Waals surface area (Å²) in [6.07, 6.45) is -0.215. The molecule has 2 aromatic carbocycles. The number of carbonyl (C=O) groups excluding carboxylic acids is 4. The van der Waals surface area contributed by atoms with E-state index in [0.717, 1.165) is 0 Å². The standard InChI is InChI=1S/C23H23NO6/c1-15(2)30-23(28)17-8-10-19(11-9-17)24-13-18(12-21(24)26)22(27)29-14-20(25)16-6-4-3-5-7-16/h3-11,15,18H,12-14H2,1-2H3/t18-/m1/s1. The second kappa shape index (κ2) is 9.35. The summed E-state index contributed by atoms with van der Waals surface area (Å²) in [7, 11) is 0. The maximum absolute atomic E-state index is 12.4. The monoisotopic (exact) mass is 409 g/mol. The second-order valence-corrected chi connectivity index (χ2v) is 7.30. The summed E-state index contributed by atoms with van der Waals surface area (Å²) in [4.78, 5) is 50.2. The fourth-order valence-corrected chi connectivity index (χ4v) is 3.14. The van der Waals surface area contributed by atoms with E-state index in [1.165, 1.54) is 4.90 Å². The third-order valence-electron chi connectivity index (χ3n) is 4.66. The number of hydrogen-bond acceptors (Lipinski definition) is 6. The van der Waals surface area contributed by atoms with Gasteiger partial charge in [0, 0.05) is 24.2 Å². The van der Waals surface area contributed by atoms with Crippen molar-refractivity contribution in [3.05, 3.63) is 65.7 Å². The number of benzene rings is 2. The van der Waals surface area contributed by atoms with E-state index < -0.39 is 17.9 Å². The van der Waals surface area contributed by atoms with Gasteiger partial charge in [-0.3, -0.25) is 14.4 Å². The molecular weight excluding hydrogens is 386 g/mol. The van der Waals surface area contributed by atoms with Crippen molar-refractivity contribution in [2.45, 2.75) is 26.4 Å². The summed E-state index contributed by atoms with van der Waals surface area (Å²) in [5.74, 6) is -2.18. The van der Waals surface area contributed by atoms with Crippen molar-refractivity contribution in [3.63, 3.8) is 0 Å². The zero-order valence-electron chi connectivity index (χ0n) is 16.9. The van der Waals surface area contributed by atoms with Crippen LogP contribution in [0.15, 0.2) is 54.6 Å². The molecule has 1 aliphatic rings. The van der Waals surface area contributed by atoms with Crippen LogP contribution in [0.1, 0.15) is 41.0 Å². The van der Waals surface area contributed by atoms with Gasteiger partial charge >= 0.3 is 11.9 Å². The SMILES string of the molecule is CC(C)OC(=O)c1ccc(N2C[C@H](C(=O)OCC(=O)c3ccccc3)CC2=O)cc1. The van der Waals surface area contributed by atoms with Crippen LogP contribution in [0, 0.1) is 5.92 Å². The van der Waals surface area contributed by atoms with Crippen molar-refractivity contribution in [1.29, 1.82) is 0 Å². The van der Waals surface area contributed by atoms with Gasteiger partial charge in [0.05, 0.1) is 17.6 Å². The molecule has 7 heteroatoms. The topological polar surface area (TPSA) is 90.0 Å². The Labute approximate surface area is 174 Å². The summed E-state index contributed by atoms with van der Waals surface area (Å²) in [6, 6.07) is 15.0.